The zero-order valence-corrected chi connectivity index (χ0v) is 11.0. The summed E-state index contributed by atoms with van der Waals surface area (Å²) < 4.78 is 5.14. The van der Waals surface area contributed by atoms with Crippen LogP contribution in [0.2, 0.25) is 5.02 Å². The van der Waals surface area contributed by atoms with E-state index in [0.717, 1.165) is 0 Å². The third kappa shape index (κ3) is 3.04. The number of benzene rings is 1. The molecule has 1 aliphatic heterocycles. The normalized spacial score (nSPS) is 18.4. The van der Waals surface area contributed by atoms with Gasteiger partial charge in [-0.25, -0.2) is 0 Å². The Hall–Kier alpha value is -2.17. The maximum Gasteiger partial charge on any atom is 0.271 e. The number of rotatable bonds is 2. The molecule has 1 saturated heterocycles. The maximum atomic E-state index is 12.3. The van der Waals surface area contributed by atoms with E-state index in [1.54, 1.807) is 0 Å². The number of ether oxygens (including phenoxy) is 1. The van der Waals surface area contributed by atoms with Crippen LogP contribution in [0.5, 0.6) is 0 Å². The van der Waals surface area contributed by atoms with Gasteiger partial charge in [-0.15, -0.1) is 0 Å². The molecule has 0 aliphatic carbocycles. The summed E-state index contributed by atoms with van der Waals surface area (Å²) in [6.07, 6.45) is -0.679. The largest absolute Gasteiger partial charge is 0.360 e. The summed E-state index contributed by atoms with van der Waals surface area (Å²) in [5.41, 5.74) is -0.117. The van der Waals surface area contributed by atoms with Crippen molar-refractivity contribution in [3.8, 4) is 6.07 Å². The Balaban J connectivity index is 2.25. The highest BCUT2D eigenvalue weighted by atomic mass is 35.5. The van der Waals surface area contributed by atoms with Crippen molar-refractivity contribution < 1.29 is 14.5 Å². The molecular formula is C12H10ClN3O4. The van der Waals surface area contributed by atoms with Gasteiger partial charge in [-0.1, -0.05) is 11.6 Å². The topological polar surface area (TPSA) is 96.5 Å². The van der Waals surface area contributed by atoms with E-state index in [2.05, 4.69) is 0 Å². The van der Waals surface area contributed by atoms with Crippen molar-refractivity contribution in [3.63, 3.8) is 0 Å². The first-order valence-electron chi connectivity index (χ1n) is 5.76. The van der Waals surface area contributed by atoms with Crippen molar-refractivity contribution in [2.75, 3.05) is 19.7 Å². The lowest BCUT2D eigenvalue weighted by Crippen LogP contribution is -2.45. The molecule has 0 radical (unpaired) electrons. The average Bonchev–Trinajstić information content (AvgIpc) is 2.45. The lowest BCUT2D eigenvalue weighted by Gasteiger charge is -2.29. The van der Waals surface area contributed by atoms with Crippen LogP contribution in [0.15, 0.2) is 18.2 Å². The van der Waals surface area contributed by atoms with Gasteiger partial charge in [-0.2, -0.15) is 5.26 Å². The average molecular weight is 296 g/mol. The first-order chi connectivity index (χ1) is 9.51. The van der Waals surface area contributed by atoms with Gasteiger partial charge in [0.05, 0.1) is 24.1 Å². The van der Waals surface area contributed by atoms with Crippen molar-refractivity contribution >= 4 is 23.2 Å². The number of non-ortho nitro benzene ring substituents is 1. The lowest BCUT2D eigenvalue weighted by molar-refractivity contribution is -0.384. The summed E-state index contributed by atoms with van der Waals surface area (Å²) in [4.78, 5) is 23.8. The third-order valence-corrected chi connectivity index (χ3v) is 3.06. The molecule has 1 aromatic carbocycles. The number of halogens is 1. The molecule has 8 heteroatoms. The Labute approximate surface area is 119 Å². The Morgan fingerprint density at radius 2 is 2.30 bits per heavy atom. The predicted molar refractivity (Wildman–Crippen MR) is 69.4 cm³/mol. The molecule has 1 aromatic rings. The van der Waals surface area contributed by atoms with E-state index in [0.29, 0.717) is 6.54 Å². The Kier molecular flexibility index (Phi) is 4.17. The smallest absolute Gasteiger partial charge is 0.271 e. The van der Waals surface area contributed by atoms with E-state index in [4.69, 9.17) is 21.6 Å². The number of nitro groups is 1. The highest BCUT2D eigenvalue weighted by Crippen LogP contribution is 2.22. The number of carbonyl (C=O) groups is 1. The second-order valence-electron chi connectivity index (χ2n) is 4.19. The molecule has 1 aliphatic rings. The fourth-order valence-corrected chi connectivity index (χ4v) is 2.13. The van der Waals surface area contributed by atoms with E-state index in [1.165, 1.54) is 23.1 Å². The molecule has 7 nitrogen and oxygen atoms in total. The SMILES string of the molecule is N#CC1CN(C(=O)c2cc(Cl)cc([N+](=O)[O-])c2)CCO1. The molecule has 0 bridgehead atoms. The van der Waals surface area contributed by atoms with Crippen LogP contribution in [0, 0.1) is 21.4 Å². The molecule has 104 valence electrons. The fourth-order valence-electron chi connectivity index (χ4n) is 1.90. The second kappa shape index (κ2) is 5.86. The monoisotopic (exact) mass is 295 g/mol. The van der Waals surface area contributed by atoms with E-state index in [-0.39, 0.29) is 29.4 Å². The molecular weight excluding hydrogens is 286 g/mol. The number of amides is 1. The van der Waals surface area contributed by atoms with Gasteiger partial charge >= 0.3 is 0 Å². The number of hydrogen-bond acceptors (Lipinski definition) is 5. The fraction of sp³-hybridized carbons (Fsp3) is 0.333. The van der Waals surface area contributed by atoms with Gasteiger partial charge in [0.1, 0.15) is 0 Å². The van der Waals surface area contributed by atoms with Crippen molar-refractivity contribution in [3.05, 3.63) is 38.9 Å². The maximum absolute atomic E-state index is 12.3. The molecule has 1 heterocycles. The molecule has 0 spiro atoms. The van der Waals surface area contributed by atoms with Crippen LogP contribution in [0.4, 0.5) is 5.69 Å². The quantitative estimate of drug-likeness (QED) is 0.610. The van der Waals surface area contributed by atoms with Crippen LogP contribution in [-0.2, 0) is 4.74 Å². The van der Waals surface area contributed by atoms with Gasteiger partial charge in [0.15, 0.2) is 6.10 Å². The van der Waals surface area contributed by atoms with E-state index < -0.39 is 16.9 Å². The van der Waals surface area contributed by atoms with Crippen molar-refractivity contribution in [2.45, 2.75) is 6.10 Å². The lowest BCUT2D eigenvalue weighted by atomic mass is 10.1. The molecule has 1 fully saturated rings. The van der Waals surface area contributed by atoms with Gasteiger partial charge in [-0.3, -0.25) is 14.9 Å². The summed E-state index contributed by atoms with van der Waals surface area (Å²) in [5, 5.41) is 19.7. The molecule has 2 rings (SSSR count). The van der Waals surface area contributed by atoms with Crippen LogP contribution in [0.3, 0.4) is 0 Å². The van der Waals surface area contributed by atoms with Crippen LogP contribution >= 0.6 is 11.6 Å². The number of carbonyl (C=O) groups excluding carboxylic acids is 1. The minimum Gasteiger partial charge on any atom is -0.360 e. The summed E-state index contributed by atoms with van der Waals surface area (Å²) in [6.45, 7) is 0.722. The molecule has 0 aromatic heterocycles. The Morgan fingerprint density at radius 3 is 2.95 bits per heavy atom. The third-order valence-electron chi connectivity index (χ3n) is 2.84. The summed E-state index contributed by atoms with van der Waals surface area (Å²) in [6, 6.07) is 5.65. The molecule has 1 amide bonds. The predicted octanol–water partition coefficient (Wildman–Crippen LogP) is 1.61. The Morgan fingerprint density at radius 1 is 1.55 bits per heavy atom. The minimum absolute atomic E-state index is 0.118. The van der Waals surface area contributed by atoms with Gasteiger partial charge < -0.3 is 9.64 Å². The molecule has 20 heavy (non-hydrogen) atoms. The number of morpholine rings is 1. The van der Waals surface area contributed by atoms with Gasteiger partial charge in [0, 0.05) is 29.3 Å². The summed E-state index contributed by atoms with van der Waals surface area (Å²) >= 11 is 5.78. The minimum atomic E-state index is -0.679. The van der Waals surface area contributed by atoms with Gasteiger partial charge in [-0.05, 0) is 6.07 Å². The van der Waals surface area contributed by atoms with Gasteiger partial charge in [0.25, 0.3) is 11.6 Å². The number of nitro benzene ring substituents is 1. The molecule has 0 N–H and O–H groups in total. The van der Waals surface area contributed by atoms with Crippen LogP contribution < -0.4 is 0 Å². The van der Waals surface area contributed by atoms with E-state index in [1.807, 2.05) is 6.07 Å². The first-order valence-corrected chi connectivity index (χ1v) is 6.14. The molecule has 1 unspecified atom stereocenters. The van der Waals surface area contributed by atoms with Crippen LogP contribution in [-0.4, -0.2) is 41.5 Å². The highest BCUT2D eigenvalue weighted by molar-refractivity contribution is 6.31. The summed E-state index contributed by atoms with van der Waals surface area (Å²) in [5.74, 6) is -0.404. The van der Waals surface area contributed by atoms with Crippen molar-refractivity contribution in [1.29, 1.82) is 5.26 Å². The number of nitriles is 1. The zero-order valence-electron chi connectivity index (χ0n) is 10.3. The second-order valence-corrected chi connectivity index (χ2v) is 4.63. The first kappa shape index (κ1) is 14.2. The number of nitrogens with zero attached hydrogens (tertiary/aromatic N) is 3. The van der Waals surface area contributed by atoms with Gasteiger partial charge in [0.2, 0.25) is 0 Å². The van der Waals surface area contributed by atoms with Crippen LogP contribution in [0.25, 0.3) is 0 Å². The molecule has 1 atom stereocenters. The Bertz CT molecular complexity index is 599. The number of hydrogen-bond donors (Lipinski definition) is 0. The van der Waals surface area contributed by atoms with Crippen LogP contribution in [0.1, 0.15) is 10.4 Å². The zero-order chi connectivity index (χ0) is 14.7. The highest BCUT2D eigenvalue weighted by Gasteiger charge is 2.26. The van der Waals surface area contributed by atoms with E-state index in [9.17, 15) is 14.9 Å². The van der Waals surface area contributed by atoms with Crippen molar-refractivity contribution in [2.24, 2.45) is 0 Å². The summed E-state index contributed by atoms with van der Waals surface area (Å²) in [7, 11) is 0. The standard InChI is InChI=1S/C12H10ClN3O4/c13-9-3-8(4-10(5-9)16(18)19)12(17)15-1-2-20-11(6-14)7-15/h3-5,11H,1-2,7H2. The van der Waals surface area contributed by atoms with E-state index >= 15 is 0 Å². The van der Waals surface area contributed by atoms with Crippen molar-refractivity contribution in [1.82, 2.24) is 4.90 Å². The molecule has 0 saturated carbocycles.